The van der Waals surface area contributed by atoms with Crippen LogP contribution >= 0.6 is 0 Å². The van der Waals surface area contributed by atoms with Crippen LogP contribution in [0.1, 0.15) is 11.1 Å². The van der Waals surface area contributed by atoms with Gasteiger partial charge in [0.05, 0.1) is 22.4 Å². The zero-order valence-corrected chi connectivity index (χ0v) is 33.5. The van der Waals surface area contributed by atoms with Gasteiger partial charge in [-0.15, -0.1) is 0 Å². The second-order valence-corrected chi connectivity index (χ2v) is 15.7. The lowest BCUT2D eigenvalue weighted by molar-refractivity contribution is 0.664. The average Bonchev–Trinajstić information content (AvgIpc) is 4.00. The fourth-order valence-electron chi connectivity index (χ4n) is 9.09. The third-order valence-electron chi connectivity index (χ3n) is 12.0. The van der Waals surface area contributed by atoms with Crippen LogP contribution in [0.2, 0.25) is 0 Å². The molecule has 12 aromatic rings. The smallest absolute Gasteiger partial charge is 0.144 e. The van der Waals surface area contributed by atoms with Gasteiger partial charge in [0.15, 0.2) is 0 Å². The maximum atomic E-state index is 9.02. The van der Waals surface area contributed by atoms with Crippen molar-refractivity contribution in [3.05, 3.63) is 223 Å². The van der Waals surface area contributed by atoms with Gasteiger partial charge in [0.25, 0.3) is 0 Å². The zero-order valence-electron chi connectivity index (χ0n) is 33.5. The van der Waals surface area contributed by atoms with Crippen LogP contribution in [0.3, 0.4) is 0 Å². The maximum absolute atomic E-state index is 9.02. The number of allylic oxidation sites excluding steroid dienone is 1. The summed E-state index contributed by atoms with van der Waals surface area (Å²) in [5, 5.41) is 18.9. The molecule has 2 N–H and O–H groups in total. The van der Waals surface area contributed by atoms with Crippen molar-refractivity contribution in [2.45, 2.75) is 0 Å². The standard InChI is InChI=1S/C57H37N3O2/c58-50(37-17-7-2-8-18-37)35-51(59-40-19-9-3-10-20-40)45-26-14-25-44-49-34-54-48(33-55(49)62-57(44)45)43-24-13-23-42(56(43)61-54)39-28-30-53-47(32-39)46-31-38(36-15-5-1-6-16-36)27-29-52(46)60(53)41-21-11-4-12-22-41/h1-35,58-59H/b51-35-,58-50?. The number of aromatic nitrogens is 1. The first kappa shape index (κ1) is 35.5. The van der Waals surface area contributed by atoms with E-state index in [1.807, 2.05) is 78.9 Å². The molecule has 62 heavy (non-hydrogen) atoms. The monoisotopic (exact) mass is 795 g/mol. The molecule has 0 fully saturated rings. The van der Waals surface area contributed by atoms with Gasteiger partial charge in [-0.1, -0.05) is 140 Å². The Labute approximate surface area is 356 Å². The van der Waals surface area contributed by atoms with E-state index in [1.54, 1.807) is 0 Å². The molecule has 292 valence electrons. The van der Waals surface area contributed by atoms with Gasteiger partial charge >= 0.3 is 0 Å². The molecule has 3 heterocycles. The van der Waals surface area contributed by atoms with Gasteiger partial charge in [0.1, 0.15) is 22.3 Å². The molecule has 0 aliphatic heterocycles. The SMILES string of the molecule is N=C(/C=C(\Nc1ccccc1)c1cccc2c1oc1cc3c(cc12)oc1c(-c2ccc4c(c2)c2cc(-c5ccccc5)ccc2n4-c2ccccc2)cccc13)c1ccccc1. The molecule has 0 saturated heterocycles. The van der Waals surface area contributed by atoms with Crippen molar-refractivity contribution in [1.82, 2.24) is 4.57 Å². The number of fused-ring (bicyclic) bond motifs is 9. The quantitative estimate of drug-likeness (QED) is 0.151. The Bertz CT molecular complexity index is 3710. The van der Waals surface area contributed by atoms with Gasteiger partial charge in [0, 0.05) is 54.8 Å². The van der Waals surface area contributed by atoms with E-state index in [0.717, 1.165) is 94.2 Å². The van der Waals surface area contributed by atoms with E-state index < -0.39 is 0 Å². The molecule has 0 aliphatic rings. The molecule has 0 radical (unpaired) electrons. The van der Waals surface area contributed by atoms with Crippen molar-refractivity contribution in [3.8, 4) is 27.9 Å². The Kier molecular flexibility index (Phi) is 8.25. The van der Waals surface area contributed by atoms with Crippen molar-refractivity contribution >= 4 is 82.8 Å². The number of anilines is 1. The number of hydrogen-bond donors (Lipinski definition) is 2. The fourth-order valence-corrected chi connectivity index (χ4v) is 9.09. The van der Waals surface area contributed by atoms with Crippen LogP contribution in [0.5, 0.6) is 0 Å². The van der Waals surface area contributed by atoms with Crippen LogP contribution in [-0.2, 0) is 0 Å². The Morgan fingerprint density at radius 3 is 1.71 bits per heavy atom. The normalized spacial score (nSPS) is 12.0. The van der Waals surface area contributed by atoms with Gasteiger partial charge in [-0.2, -0.15) is 0 Å². The number of hydrogen-bond acceptors (Lipinski definition) is 4. The van der Waals surface area contributed by atoms with Crippen LogP contribution in [-0.4, -0.2) is 10.3 Å². The van der Waals surface area contributed by atoms with Gasteiger partial charge in [-0.3, -0.25) is 0 Å². The number of furan rings is 2. The third kappa shape index (κ3) is 5.90. The molecular formula is C57H37N3O2. The van der Waals surface area contributed by atoms with E-state index in [1.165, 1.54) is 21.9 Å². The molecule has 5 nitrogen and oxygen atoms in total. The van der Waals surface area contributed by atoms with E-state index in [-0.39, 0.29) is 0 Å². The Hall–Kier alpha value is -8.41. The summed E-state index contributed by atoms with van der Waals surface area (Å²) < 4.78 is 16.0. The lowest BCUT2D eigenvalue weighted by atomic mass is 9.99. The number of para-hydroxylation sites is 4. The Morgan fingerprint density at radius 2 is 1.02 bits per heavy atom. The van der Waals surface area contributed by atoms with Crippen molar-refractivity contribution in [2.24, 2.45) is 0 Å². The lowest BCUT2D eigenvalue weighted by Gasteiger charge is -2.13. The summed E-state index contributed by atoms with van der Waals surface area (Å²) in [7, 11) is 0. The molecule has 0 saturated carbocycles. The van der Waals surface area contributed by atoms with Gasteiger partial charge in [0.2, 0.25) is 0 Å². The summed E-state index contributed by atoms with van der Waals surface area (Å²) in [5.41, 5.74) is 14.9. The molecule has 0 aliphatic carbocycles. The van der Waals surface area contributed by atoms with Crippen molar-refractivity contribution < 1.29 is 8.83 Å². The van der Waals surface area contributed by atoms with Gasteiger partial charge in [-0.05, 0) is 95.1 Å². The highest BCUT2D eigenvalue weighted by Crippen LogP contribution is 2.43. The molecule has 5 heteroatoms. The summed E-state index contributed by atoms with van der Waals surface area (Å²) >= 11 is 0. The van der Waals surface area contributed by atoms with Crippen LogP contribution < -0.4 is 5.32 Å². The Morgan fingerprint density at radius 1 is 0.452 bits per heavy atom. The second kappa shape index (κ2) is 14.4. The molecule has 3 aromatic heterocycles. The van der Waals surface area contributed by atoms with E-state index in [2.05, 4.69) is 143 Å². The number of benzene rings is 9. The average molecular weight is 796 g/mol. The molecule has 0 unspecified atom stereocenters. The summed E-state index contributed by atoms with van der Waals surface area (Å²) in [4.78, 5) is 0. The molecule has 12 rings (SSSR count). The predicted octanol–water partition coefficient (Wildman–Crippen LogP) is 15.4. The van der Waals surface area contributed by atoms with Crippen molar-refractivity contribution in [3.63, 3.8) is 0 Å². The summed E-state index contributed by atoms with van der Waals surface area (Å²) in [5.74, 6) is 0. The van der Waals surface area contributed by atoms with Crippen LogP contribution in [0.15, 0.2) is 221 Å². The fraction of sp³-hybridized carbons (Fsp3) is 0. The zero-order chi connectivity index (χ0) is 41.1. The maximum Gasteiger partial charge on any atom is 0.144 e. The largest absolute Gasteiger partial charge is 0.455 e. The van der Waals surface area contributed by atoms with Gasteiger partial charge in [-0.25, -0.2) is 0 Å². The van der Waals surface area contributed by atoms with E-state index in [0.29, 0.717) is 5.71 Å². The molecular weight excluding hydrogens is 759 g/mol. The minimum absolute atomic E-state index is 0.398. The highest BCUT2D eigenvalue weighted by atomic mass is 16.3. The van der Waals surface area contributed by atoms with E-state index in [4.69, 9.17) is 14.2 Å². The number of rotatable bonds is 8. The first-order valence-electron chi connectivity index (χ1n) is 20.8. The van der Waals surface area contributed by atoms with Crippen LogP contribution in [0.25, 0.3) is 99.3 Å². The Balaban J connectivity index is 1.00. The predicted molar refractivity (Wildman–Crippen MR) is 258 cm³/mol. The van der Waals surface area contributed by atoms with Crippen LogP contribution in [0, 0.1) is 5.41 Å². The molecule has 0 spiro atoms. The molecule has 0 bridgehead atoms. The highest BCUT2D eigenvalue weighted by Gasteiger charge is 2.20. The van der Waals surface area contributed by atoms with E-state index in [9.17, 15) is 0 Å². The minimum atomic E-state index is 0.398. The molecule has 9 aromatic carbocycles. The highest BCUT2D eigenvalue weighted by molar-refractivity contribution is 6.19. The van der Waals surface area contributed by atoms with E-state index >= 15 is 0 Å². The lowest BCUT2D eigenvalue weighted by Crippen LogP contribution is -2.04. The third-order valence-corrected chi connectivity index (χ3v) is 12.0. The summed E-state index contributed by atoms with van der Waals surface area (Å²) in [6.45, 7) is 0. The first-order chi connectivity index (χ1) is 30.6. The number of nitrogens with one attached hydrogen (secondary N) is 2. The van der Waals surface area contributed by atoms with Gasteiger partial charge < -0.3 is 24.1 Å². The molecule has 0 amide bonds. The first-order valence-corrected chi connectivity index (χ1v) is 20.8. The number of nitrogens with zero attached hydrogens (tertiary/aromatic N) is 1. The van der Waals surface area contributed by atoms with Crippen molar-refractivity contribution in [2.75, 3.05) is 5.32 Å². The minimum Gasteiger partial charge on any atom is -0.455 e. The summed E-state index contributed by atoms with van der Waals surface area (Å²) in [6.07, 6.45) is 1.88. The summed E-state index contributed by atoms with van der Waals surface area (Å²) in [6, 6.07) is 71.4. The molecule has 0 atom stereocenters. The van der Waals surface area contributed by atoms with Crippen LogP contribution in [0.4, 0.5) is 5.69 Å². The van der Waals surface area contributed by atoms with Crippen molar-refractivity contribution in [1.29, 1.82) is 5.41 Å². The second-order valence-electron chi connectivity index (χ2n) is 15.7. The topological polar surface area (TPSA) is 67.1 Å².